The number of carbonyl (C=O) groups excluding carboxylic acids is 4. The van der Waals surface area contributed by atoms with Crippen LogP contribution >= 0.6 is 0 Å². The van der Waals surface area contributed by atoms with Gasteiger partial charge in [0.1, 0.15) is 18.2 Å². The Hall–Kier alpha value is -4.26. The standard InChI is InChI=1S/C31H43N3O7/c1-8-9-14-23(40-30(32)38)15-12-19-33-28(36)27(31(4,5)6)34-26(35)16-11-10-13-21(2)20-22(3)24-17-18-25(39-7)29(37)41-24/h10-13,16,18-20,22-24,27H,14-15,17H2,1-7H3,(H2,32,38)(H,33,36)(H,34,35)/b13-10-,16-11-,19-12-,21-20+/t22-,23?,24-,27+/m0/s1. The zero-order valence-electron chi connectivity index (χ0n) is 25.0. The molecule has 0 saturated carbocycles. The smallest absolute Gasteiger partial charge is 0.404 e. The molecule has 0 radical (unpaired) electrons. The number of allylic oxidation sites excluding steroid dienone is 4. The molecule has 0 saturated heterocycles. The number of methoxy groups -OCH3 is 1. The lowest BCUT2D eigenvalue weighted by atomic mass is 9.86. The fourth-order valence-electron chi connectivity index (χ4n) is 3.83. The van der Waals surface area contributed by atoms with Gasteiger partial charge in [0, 0.05) is 31.3 Å². The quantitative estimate of drug-likeness (QED) is 0.132. The van der Waals surface area contributed by atoms with E-state index < -0.39 is 41.4 Å². The molecule has 1 aliphatic rings. The van der Waals surface area contributed by atoms with E-state index in [0.717, 1.165) is 5.57 Å². The highest BCUT2D eigenvalue weighted by Crippen LogP contribution is 2.23. The molecule has 1 heterocycles. The molecule has 224 valence electrons. The highest BCUT2D eigenvalue weighted by Gasteiger charge is 2.32. The van der Waals surface area contributed by atoms with Gasteiger partial charge in [-0.3, -0.25) is 9.59 Å². The maximum Gasteiger partial charge on any atom is 0.404 e. The molecule has 0 aromatic heterocycles. The van der Waals surface area contributed by atoms with Gasteiger partial charge in [0.2, 0.25) is 11.8 Å². The van der Waals surface area contributed by atoms with Crippen LogP contribution in [-0.2, 0) is 28.6 Å². The molecule has 41 heavy (non-hydrogen) atoms. The lowest BCUT2D eigenvalue weighted by Crippen LogP contribution is -2.52. The van der Waals surface area contributed by atoms with E-state index in [0.29, 0.717) is 19.3 Å². The van der Waals surface area contributed by atoms with E-state index in [-0.39, 0.29) is 17.8 Å². The molecule has 4 atom stereocenters. The molecule has 0 bridgehead atoms. The summed E-state index contributed by atoms with van der Waals surface area (Å²) in [5, 5.41) is 5.41. The average molecular weight is 570 g/mol. The monoisotopic (exact) mass is 569 g/mol. The third-order valence-corrected chi connectivity index (χ3v) is 5.99. The molecule has 0 aromatic rings. The Labute approximate surface area is 243 Å². The van der Waals surface area contributed by atoms with Gasteiger partial charge in [0.15, 0.2) is 5.76 Å². The van der Waals surface area contributed by atoms with Gasteiger partial charge in [-0.2, -0.15) is 0 Å². The molecule has 3 amide bonds. The normalized spacial score (nSPS) is 18.1. The van der Waals surface area contributed by atoms with Crippen molar-refractivity contribution in [1.29, 1.82) is 0 Å². The molecule has 4 N–H and O–H groups in total. The summed E-state index contributed by atoms with van der Waals surface area (Å²) in [5.74, 6) is 4.48. The second kappa shape index (κ2) is 17.4. The molecule has 0 spiro atoms. The van der Waals surface area contributed by atoms with E-state index in [1.807, 2.05) is 46.8 Å². The first-order valence-electron chi connectivity index (χ1n) is 13.4. The van der Waals surface area contributed by atoms with Crippen LogP contribution in [0.25, 0.3) is 0 Å². The summed E-state index contributed by atoms with van der Waals surface area (Å²) in [5.41, 5.74) is 5.46. The summed E-state index contributed by atoms with van der Waals surface area (Å²) in [7, 11) is 1.43. The van der Waals surface area contributed by atoms with Crippen molar-refractivity contribution in [3.63, 3.8) is 0 Å². The molecular formula is C31H43N3O7. The lowest BCUT2D eigenvalue weighted by molar-refractivity contribution is -0.151. The van der Waals surface area contributed by atoms with Gasteiger partial charge >= 0.3 is 12.1 Å². The van der Waals surface area contributed by atoms with Crippen LogP contribution in [0.1, 0.15) is 60.8 Å². The van der Waals surface area contributed by atoms with E-state index in [1.165, 1.54) is 19.4 Å². The first kappa shape index (κ1) is 34.8. The van der Waals surface area contributed by atoms with Crippen LogP contribution in [-0.4, -0.2) is 49.2 Å². The third-order valence-electron chi connectivity index (χ3n) is 5.99. The van der Waals surface area contributed by atoms with Crippen molar-refractivity contribution in [3.8, 4) is 11.8 Å². The number of hydrogen-bond donors (Lipinski definition) is 3. The predicted octanol–water partition coefficient (Wildman–Crippen LogP) is 3.96. The van der Waals surface area contributed by atoms with E-state index in [4.69, 9.17) is 19.9 Å². The number of carbonyl (C=O) groups is 4. The van der Waals surface area contributed by atoms with Gasteiger partial charge in [0.25, 0.3) is 0 Å². The van der Waals surface area contributed by atoms with Crippen LogP contribution in [0.5, 0.6) is 0 Å². The van der Waals surface area contributed by atoms with Crippen LogP contribution in [0, 0.1) is 23.2 Å². The number of nitrogens with two attached hydrogens (primary N) is 1. The van der Waals surface area contributed by atoms with Crippen molar-refractivity contribution in [1.82, 2.24) is 10.6 Å². The van der Waals surface area contributed by atoms with Crippen molar-refractivity contribution < 1.29 is 33.4 Å². The summed E-state index contributed by atoms with van der Waals surface area (Å²) < 4.78 is 15.4. The lowest BCUT2D eigenvalue weighted by Gasteiger charge is -2.29. The molecule has 10 heteroatoms. The number of ether oxygens (including phenoxy) is 3. The molecule has 1 aliphatic heterocycles. The van der Waals surface area contributed by atoms with Gasteiger partial charge < -0.3 is 30.6 Å². The Morgan fingerprint density at radius 1 is 1.24 bits per heavy atom. The highest BCUT2D eigenvalue weighted by molar-refractivity contribution is 5.93. The van der Waals surface area contributed by atoms with Crippen LogP contribution in [0.3, 0.4) is 0 Å². The molecular weight excluding hydrogens is 526 g/mol. The van der Waals surface area contributed by atoms with E-state index in [2.05, 4.69) is 22.5 Å². The van der Waals surface area contributed by atoms with E-state index in [9.17, 15) is 19.2 Å². The maximum atomic E-state index is 12.8. The first-order chi connectivity index (χ1) is 19.3. The summed E-state index contributed by atoms with van der Waals surface area (Å²) >= 11 is 0. The van der Waals surface area contributed by atoms with Crippen LogP contribution < -0.4 is 16.4 Å². The van der Waals surface area contributed by atoms with Crippen LogP contribution in [0.15, 0.2) is 60.1 Å². The molecule has 1 unspecified atom stereocenters. The Bertz CT molecular complexity index is 1150. The Kier molecular flexibility index (Phi) is 14.8. The highest BCUT2D eigenvalue weighted by atomic mass is 16.6. The van der Waals surface area contributed by atoms with Crippen molar-refractivity contribution >= 4 is 23.9 Å². The maximum absolute atomic E-state index is 12.8. The summed E-state index contributed by atoms with van der Waals surface area (Å²) in [4.78, 5) is 48.3. The van der Waals surface area contributed by atoms with Crippen molar-refractivity contribution in [3.05, 3.63) is 60.1 Å². The van der Waals surface area contributed by atoms with Gasteiger partial charge in [-0.25, -0.2) is 9.59 Å². The van der Waals surface area contributed by atoms with Crippen molar-refractivity contribution in [2.75, 3.05) is 7.11 Å². The molecule has 0 aliphatic carbocycles. The number of hydrogen-bond acceptors (Lipinski definition) is 7. The van der Waals surface area contributed by atoms with Crippen LogP contribution in [0.4, 0.5) is 4.79 Å². The Morgan fingerprint density at radius 3 is 2.51 bits per heavy atom. The second-order valence-electron chi connectivity index (χ2n) is 10.6. The fraction of sp³-hybridized carbons (Fsp3) is 0.484. The molecule has 1 rings (SSSR count). The van der Waals surface area contributed by atoms with E-state index in [1.54, 1.807) is 31.2 Å². The fourth-order valence-corrected chi connectivity index (χ4v) is 3.83. The summed E-state index contributed by atoms with van der Waals surface area (Å²) in [6, 6.07) is -0.815. The number of primary amides is 1. The Morgan fingerprint density at radius 2 is 1.93 bits per heavy atom. The minimum absolute atomic E-state index is 0.0165. The first-order valence-corrected chi connectivity index (χ1v) is 13.4. The average Bonchev–Trinajstić information content (AvgIpc) is 2.89. The van der Waals surface area contributed by atoms with Gasteiger partial charge in [-0.15, -0.1) is 5.92 Å². The zero-order valence-corrected chi connectivity index (χ0v) is 25.0. The third kappa shape index (κ3) is 13.6. The number of cyclic esters (lactones) is 1. The summed E-state index contributed by atoms with van der Waals surface area (Å²) in [6.45, 7) is 11.1. The number of nitrogens with one attached hydrogen (secondary N) is 2. The Balaban J connectivity index is 2.69. The van der Waals surface area contributed by atoms with Crippen molar-refractivity contribution in [2.45, 2.75) is 79.1 Å². The summed E-state index contributed by atoms with van der Waals surface area (Å²) in [6.07, 6.45) is 12.8. The van der Waals surface area contributed by atoms with Gasteiger partial charge in [0.05, 0.1) is 7.11 Å². The largest absolute Gasteiger partial charge is 0.490 e. The zero-order chi connectivity index (χ0) is 31.0. The van der Waals surface area contributed by atoms with Gasteiger partial charge in [-0.1, -0.05) is 69.6 Å². The van der Waals surface area contributed by atoms with Crippen molar-refractivity contribution in [2.24, 2.45) is 17.1 Å². The molecule has 10 nitrogen and oxygen atoms in total. The number of esters is 1. The second-order valence-corrected chi connectivity index (χ2v) is 10.6. The number of rotatable bonds is 13. The van der Waals surface area contributed by atoms with E-state index >= 15 is 0 Å². The minimum Gasteiger partial charge on any atom is -0.490 e. The van der Waals surface area contributed by atoms with Crippen LogP contribution in [0.2, 0.25) is 0 Å². The van der Waals surface area contributed by atoms with Gasteiger partial charge in [-0.05, 0) is 31.5 Å². The topological polar surface area (TPSA) is 146 Å². The number of amides is 3. The molecule has 0 aromatic carbocycles. The molecule has 0 fully saturated rings. The SMILES string of the molecule is CC#CCC(C/C=C\NC(=O)[C@@H](NC(=O)\C=C/C=C\C(C)=C\[C@H](C)[C@@H]1CC=C(OC)C(=O)O1)C(C)(C)C)OC(N)=O. The minimum atomic E-state index is -0.893. The predicted molar refractivity (Wildman–Crippen MR) is 157 cm³/mol.